The fourth-order valence-corrected chi connectivity index (χ4v) is 4.42. The predicted octanol–water partition coefficient (Wildman–Crippen LogP) is 3.30. The summed E-state index contributed by atoms with van der Waals surface area (Å²) in [4.78, 5) is 35.4. The van der Waals surface area contributed by atoms with E-state index in [1.165, 1.54) is 11.1 Å². The maximum atomic E-state index is 12.6. The van der Waals surface area contributed by atoms with Crippen LogP contribution in [-0.2, 0) is 19.1 Å². The van der Waals surface area contributed by atoms with Crippen LogP contribution in [0.25, 0.3) is 11.1 Å². The van der Waals surface area contributed by atoms with Crippen LogP contribution < -0.4 is 10.6 Å². The average molecular weight is 467 g/mol. The topological polar surface area (TPSA) is 114 Å². The number of fused-ring (bicyclic) bond motifs is 3. The monoisotopic (exact) mass is 466 g/mol. The first-order valence-corrected chi connectivity index (χ1v) is 11.7. The van der Waals surface area contributed by atoms with Crippen LogP contribution in [0.15, 0.2) is 48.5 Å². The molecule has 1 atom stereocenters. The van der Waals surface area contributed by atoms with Crippen LogP contribution in [0.1, 0.15) is 42.7 Å². The Morgan fingerprint density at radius 3 is 2.24 bits per heavy atom. The largest absolute Gasteiger partial charge is 0.481 e. The highest BCUT2D eigenvalue weighted by Gasteiger charge is 2.35. The zero-order valence-electron chi connectivity index (χ0n) is 19.0. The Balaban J connectivity index is 1.24. The molecule has 0 heterocycles. The molecule has 1 unspecified atom stereocenters. The van der Waals surface area contributed by atoms with Gasteiger partial charge in [0.1, 0.15) is 6.61 Å². The lowest BCUT2D eigenvalue weighted by molar-refractivity contribution is -0.138. The number of alkyl carbamates (subject to hydrolysis) is 1. The number of hydrogen-bond donors (Lipinski definition) is 3. The highest BCUT2D eigenvalue weighted by molar-refractivity contribution is 5.79. The minimum atomic E-state index is -0.921. The first-order valence-electron chi connectivity index (χ1n) is 11.7. The number of rotatable bonds is 12. The van der Waals surface area contributed by atoms with Gasteiger partial charge in [-0.05, 0) is 41.0 Å². The fourth-order valence-electron chi connectivity index (χ4n) is 4.42. The van der Waals surface area contributed by atoms with Gasteiger partial charge in [-0.15, -0.1) is 0 Å². The number of benzene rings is 2. The van der Waals surface area contributed by atoms with Crippen LogP contribution in [0.5, 0.6) is 0 Å². The van der Waals surface area contributed by atoms with Gasteiger partial charge in [0.2, 0.25) is 5.91 Å². The third kappa shape index (κ3) is 6.14. The molecule has 2 amide bonds. The molecule has 180 valence electrons. The van der Waals surface area contributed by atoms with E-state index in [2.05, 4.69) is 34.9 Å². The summed E-state index contributed by atoms with van der Waals surface area (Å²) >= 11 is 0. The van der Waals surface area contributed by atoms with Crippen molar-refractivity contribution in [3.8, 4) is 11.1 Å². The summed E-state index contributed by atoms with van der Waals surface area (Å²) in [5.41, 5.74) is 4.65. The van der Waals surface area contributed by atoms with E-state index in [1.54, 1.807) is 0 Å². The Hall–Kier alpha value is -3.39. The molecule has 2 aromatic rings. The molecule has 0 bridgehead atoms. The first-order chi connectivity index (χ1) is 16.5. The Morgan fingerprint density at radius 1 is 0.971 bits per heavy atom. The van der Waals surface area contributed by atoms with Crippen LogP contribution in [0, 0.1) is 5.92 Å². The van der Waals surface area contributed by atoms with E-state index in [4.69, 9.17) is 14.6 Å². The lowest BCUT2D eigenvalue weighted by Gasteiger charge is -2.19. The summed E-state index contributed by atoms with van der Waals surface area (Å²) in [6, 6.07) is 16.1. The van der Waals surface area contributed by atoms with Crippen molar-refractivity contribution in [2.45, 2.75) is 37.6 Å². The predicted molar refractivity (Wildman–Crippen MR) is 125 cm³/mol. The molecule has 4 rings (SSSR count). The third-order valence-corrected chi connectivity index (χ3v) is 6.27. The summed E-state index contributed by atoms with van der Waals surface area (Å²) in [5, 5.41) is 14.2. The summed E-state index contributed by atoms with van der Waals surface area (Å²) in [5.74, 6) is -0.840. The normalized spacial score (nSPS) is 15.2. The minimum absolute atomic E-state index is 0.0121. The summed E-state index contributed by atoms with van der Waals surface area (Å²) in [6.07, 6.45) is 1.54. The van der Waals surface area contributed by atoms with Gasteiger partial charge >= 0.3 is 12.1 Å². The standard InChI is InChI=1S/C26H30N2O6/c29-24(27-12-14-33-13-11-25(30)31)15-23(17-9-10-17)28-26(32)34-16-22-20-7-3-1-5-18(20)19-6-2-4-8-21(19)22/h1-8,17,22-23H,9-16H2,(H,27,29)(H,28,32)(H,30,31). The quantitative estimate of drug-likeness (QED) is 0.414. The highest BCUT2D eigenvalue weighted by Crippen LogP contribution is 2.44. The van der Waals surface area contributed by atoms with Crippen LogP contribution in [0.2, 0.25) is 0 Å². The van der Waals surface area contributed by atoms with Crippen LogP contribution in [-0.4, -0.2) is 55.5 Å². The second kappa shape index (κ2) is 11.2. The number of carboxylic acids is 1. The van der Waals surface area contributed by atoms with Gasteiger partial charge in [-0.25, -0.2) is 4.79 Å². The van der Waals surface area contributed by atoms with E-state index in [9.17, 15) is 14.4 Å². The van der Waals surface area contributed by atoms with E-state index in [-0.39, 0.29) is 56.4 Å². The van der Waals surface area contributed by atoms with E-state index in [0.717, 1.165) is 24.0 Å². The molecule has 1 fully saturated rings. The number of carboxylic acid groups (broad SMARTS) is 1. The number of nitrogens with one attached hydrogen (secondary N) is 2. The van der Waals surface area contributed by atoms with Gasteiger partial charge in [0.05, 0.1) is 19.6 Å². The minimum Gasteiger partial charge on any atom is -0.481 e. The molecular formula is C26H30N2O6. The molecule has 8 nitrogen and oxygen atoms in total. The van der Waals surface area contributed by atoms with Crippen molar-refractivity contribution >= 4 is 18.0 Å². The molecule has 2 aliphatic rings. The van der Waals surface area contributed by atoms with Gasteiger partial charge in [0.25, 0.3) is 0 Å². The maximum absolute atomic E-state index is 12.6. The van der Waals surface area contributed by atoms with E-state index >= 15 is 0 Å². The second-order valence-electron chi connectivity index (χ2n) is 8.72. The van der Waals surface area contributed by atoms with Gasteiger partial charge < -0.3 is 25.2 Å². The van der Waals surface area contributed by atoms with Crippen molar-refractivity contribution in [1.82, 2.24) is 10.6 Å². The number of aliphatic carboxylic acids is 1. The summed E-state index contributed by atoms with van der Waals surface area (Å²) in [6.45, 7) is 0.879. The van der Waals surface area contributed by atoms with Crippen molar-refractivity contribution in [1.29, 1.82) is 0 Å². The van der Waals surface area contributed by atoms with E-state index in [1.807, 2.05) is 24.3 Å². The van der Waals surface area contributed by atoms with Gasteiger partial charge in [0.15, 0.2) is 0 Å². The van der Waals surface area contributed by atoms with Gasteiger partial charge in [-0.1, -0.05) is 48.5 Å². The van der Waals surface area contributed by atoms with Crippen molar-refractivity contribution in [2.24, 2.45) is 5.92 Å². The molecular weight excluding hydrogens is 436 g/mol. The number of hydrogen-bond acceptors (Lipinski definition) is 5. The second-order valence-corrected chi connectivity index (χ2v) is 8.72. The summed E-state index contributed by atoms with van der Waals surface area (Å²) < 4.78 is 10.8. The smallest absolute Gasteiger partial charge is 0.407 e. The summed E-state index contributed by atoms with van der Waals surface area (Å²) in [7, 11) is 0. The van der Waals surface area contributed by atoms with Crippen molar-refractivity contribution in [3.05, 3.63) is 59.7 Å². The van der Waals surface area contributed by atoms with Crippen molar-refractivity contribution in [3.63, 3.8) is 0 Å². The highest BCUT2D eigenvalue weighted by atomic mass is 16.5. The van der Waals surface area contributed by atoms with Crippen LogP contribution >= 0.6 is 0 Å². The van der Waals surface area contributed by atoms with Crippen LogP contribution in [0.4, 0.5) is 4.79 Å². The van der Waals surface area contributed by atoms with Crippen LogP contribution in [0.3, 0.4) is 0 Å². The molecule has 1 saturated carbocycles. The molecule has 0 spiro atoms. The lowest BCUT2D eigenvalue weighted by Crippen LogP contribution is -2.41. The van der Waals surface area contributed by atoms with Crippen molar-refractivity contribution < 1.29 is 29.0 Å². The molecule has 34 heavy (non-hydrogen) atoms. The molecule has 2 aromatic carbocycles. The number of carbonyl (C=O) groups is 3. The Labute approximate surface area is 198 Å². The zero-order chi connectivity index (χ0) is 23.9. The molecule has 0 aliphatic heterocycles. The first kappa shape index (κ1) is 23.8. The maximum Gasteiger partial charge on any atom is 0.407 e. The number of amides is 2. The average Bonchev–Trinajstić information content (AvgIpc) is 3.62. The zero-order valence-corrected chi connectivity index (χ0v) is 19.0. The number of carbonyl (C=O) groups excluding carboxylic acids is 2. The SMILES string of the molecule is O=C(O)CCOCCNC(=O)CC(NC(=O)OCC1c2ccccc2-c2ccccc21)C1CC1. The Bertz CT molecular complexity index is 990. The van der Waals surface area contributed by atoms with Gasteiger partial charge in [0, 0.05) is 24.9 Å². The molecule has 8 heteroatoms. The lowest BCUT2D eigenvalue weighted by atomic mass is 9.98. The molecule has 2 aliphatic carbocycles. The molecule has 3 N–H and O–H groups in total. The molecule has 0 radical (unpaired) electrons. The van der Waals surface area contributed by atoms with E-state index in [0.29, 0.717) is 6.54 Å². The fraction of sp³-hybridized carbons (Fsp3) is 0.423. The molecule has 0 aromatic heterocycles. The number of ether oxygens (including phenoxy) is 2. The Kier molecular flexibility index (Phi) is 7.80. The van der Waals surface area contributed by atoms with Gasteiger partial charge in [-0.2, -0.15) is 0 Å². The third-order valence-electron chi connectivity index (χ3n) is 6.27. The molecule has 0 saturated heterocycles. The Morgan fingerprint density at radius 2 is 1.62 bits per heavy atom. The van der Waals surface area contributed by atoms with Gasteiger partial charge in [-0.3, -0.25) is 9.59 Å². The van der Waals surface area contributed by atoms with E-state index < -0.39 is 12.1 Å². The van der Waals surface area contributed by atoms with Crippen molar-refractivity contribution in [2.75, 3.05) is 26.4 Å².